The molecule has 0 radical (unpaired) electrons. The van der Waals surface area contributed by atoms with Crippen molar-refractivity contribution in [3.8, 4) is 5.75 Å². The first-order chi connectivity index (χ1) is 8.65. The maximum atomic E-state index is 10.5. The van der Waals surface area contributed by atoms with Gasteiger partial charge in [0.1, 0.15) is 5.75 Å². The van der Waals surface area contributed by atoms with Crippen LogP contribution in [0.15, 0.2) is 58.8 Å². The summed E-state index contributed by atoms with van der Waals surface area (Å²) in [5.41, 5.74) is 1.12. The van der Waals surface area contributed by atoms with E-state index in [1.54, 1.807) is 12.1 Å². The predicted molar refractivity (Wildman–Crippen MR) is 65.4 cm³/mol. The molecule has 0 bridgehead atoms. The molecular formula is C12H9N3O3. The van der Waals surface area contributed by atoms with E-state index in [1.807, 2.05) is 0 Å². The Labute approximate surface area is 102 Å². The van der Waals surface area contributed by atoms with Crippen molar-refractivity contribution in [1.29, 1.82) is 0 Å². The number of phenols is 1. The first kappa shape index (κ1) is 11.7. The Kier molecular flexibility index (Phi) is 3.29. The zero-order valence-corrected chi connectivity index (χ0v) is 9.22. The third-order valence-electron chi connectivity index (χ3n) is 2.19. The number of aromatic hydroxyl groups is 1. The molecule has 0 aliphatic heterocycles. The van der Waals surface area contributed by atoms with Gasteiger partial charge in [0, 0.05) is 12.1 Å². The summed E-state index contributed by atoms with van der Waals surface area (Å²) >= 11 is 0. The highest BCUT2D eigenvalue weighted by atomic mass is 16.6. The molecule has 0 aromatic heterocycles. The van der Waals surface area contributed by atoms with Crippen molar-refractivity contribution in [2.75, 3.05) is 0 Å². The van der Waals surface area contributed by atoms with Gasteiger partial charge in [0.05, 0.1) is 16.3 Å². The van der Waals surface area contributed by atoms with Crippen LogP contribution >= 0.6 is 0 Å². The molecule has 18 heavy (non-hydrogen) atoms. The summed E-state index contributed by atoms with van der Waals surface area (Å²) in [5.74, 6) is 0.157. The van der Waals surface area contributed by atoms with Gasteiger partial charge in [-0.3, -0.25) is 10.1 Å². The van der Waals surface area contributed by atoms with Gasteiger partial charge in [-0.1, -0.05) is 0 Å². The number of hydrogen-bond acceptors (Lipinski definition) is 5. The minimum absolute atomic E-state index is 0.0126. The van der Waals surface area contributed by atoms with Gasteiger partial charge >= 0.3 is 0 Å². The summed E-state index contributed by atoms with van der Waals surface area (Å²) in [7, 11) is 0. The Morgan fingerprint density at radius 1 is 0.889 bits per heavy atom. The monoisotopic (exact) mass is 243 g/mol. The molecule has 0 spiro atoms. The number of azo groups is 1. The van der Waals surface area contributed by atoms with E-state index in [4.69, 9.17) is 5.11 Å². The average Bonchev–Trinajstić information content (AvgIpc) is 2.38. The highest BCUT2D eigenvalue weighted by Gasteiger charge is 2.02. The van der Waals surface area contributed by atoms with E-state index >= 15 is 0 Å². The van der Waals surface area contributed by atoms with Crippen LogP contribution in [0.5, 0.6) is 5.75 Å². The van der Waals surface area contributed by atoms with Crippen LogP contribution in [0.2, 0.25) is 0 Å². The Hall–Kier alpha value is -2.76. The van der Waals surface area contributed by atoms with Crippen LogP contribution in [0.1, 0.15) is 0 Å². The Bertz CT molecular complexity index is 577. The van der Waals surface area contributed by atoms with Crippen LogP contribution in [0.3, 0.4) is 0 Å². The molecular weight excluding hydrogens is 234 g/mol. The number of rotatable bonds is 3. The summed E-state index contributed by atoms with van der Waals surface area (Å²) in [6.07, 6.45) is 0. The van der Waals surface area contributed by atoms with Crippen LogP contribution in [-0.4, -0.2) is 10.0 Å². The van der Waals surface area contributed by atoms with Gasteiger partial charge < -0.3 is 5.11 Å². The van der Waals surface area contributed by atoms with E-state index in [9.17, 15) is 10.1 Å². The minimum atomic E-state index is -0.471. The third-order valence-corrected chi connectivity index (χ3v) is 2.19. The molecule has 0 aliphatic carbocycles. The van der Waals surface area contributed by atoms with Gasteiger partial charge in [0.15, 0.2) is 0 Å². The molecule has 2 rings (SSSR count). The molecule has 0 saturated heterocycles. The number of nitro benzene ring substituents is 1. The molecule has 0 atom stereocenters. The van der Waals surface area contributed by atoms with Crippen LogP contribution in [0, 0.1) is 10.1 Å². The summed E-state index contributed by atoms with van der Waals surface area (Å²) in [5, 5.41) is 27.4. The Morgan fingerprint density at radius 2 is 1.33 bits per heavy atom. The predicted octanol–water partition coefficient (Wildman–Crippen LogP) is 3.72. The molecule has 1 N–H and O–H groups in total. The molecule has 2 aromatic rings. The SMILES string of the molecule is O=[N+]([O-])c1ccc(/N=N/c2ccc(O)cc2)cc1. The number of nitrogens with zero attached hydrogens (tertiary/aromatic N) is 3. The largest absolute Gasteiger partial charge is 0.508 e. The standard InChI is InChI=1S/C12H9N3O3/c16-12-7-3-10(4-8-12)14-13-9-1-5-11(6-2-9)15(17)18/h1-8,16H/b14-13+. The lowest BCUT2D eigenvalue weighted by Crippen LogP contribution is -1.85. The molecule has 0 amide bonds. The van der Waals surface area contributed by atoms with Crippen LogP contribution < -0.4 is 0 Å². The highest BCUT2D eigenvalue weighted by Crippen LogP contribution is 2.22. The van der Waals surface area contributed by atoms with Crippen molar-refractivity contribution in [3.63, 3.8) is 0 Å². The summed E-state index contributed by atoms with van der Waals surface area (Å²) in [6.45, 7) is 0. The second kappa shape index (κ2) is 5.05. The maximum Gasteiger partial charge on any atom is 0.269 e. The molecule has 0 heterocycles. The van der Waals surface area contributed by atoms with Gasteiger partial charge in [-0.25, -0.2) is 0 Å². The number of non-ortho nitro benzene ring substituents is 1. The fourth-order valence-electron chi connectivity index (χ4n) is 1.28. The molecule has 0 fully saturated rings. The van der Waals surface area contributed by atoms with Crippen LogP contribution in [-0.2, 0) is 0 Å². The highest BCUT2D eigenvalue weighted by molar-refractivity contribution is 5.45. The number of benzene rings is 2. The van der Waals surface area contributed by atoms with Crippen LogP contribution in [0.25, 0.3) is 0 Å². The minimum Gasteiger partial charge on any atom is -0.508 e. The normalized spacial score (nSPS) is 10.7. The first-order valence-electron chi connectivity index (χ1n) is 5.10. The lowest BCUT2D eigenvalue weighted by Gasteiger charge is -1.94. The van der Waals surface area contributed by atoms with Gasteiger partial charge in [-0.05, 0) is 36.4 Å². The quantitative estimate of drug-likeness (QED) is 0.506. The summed E-state index contributed by atoms with van der Waals surface area (Å²) in [4.78, 5) is 9.98. The van der Waals surface area contributed by atoms with Crippen molar-refractivity contribution in [1.82, 2.24) is 0 Å². The third kappa shape index (κ3) is 2.88. The Balaban J connectivity index is 2.13. The fourth-order valence-corrected chi connectivity index (χ4v) is 1.28. The van der Waals surface area contributed by atoms with E-state index < -0.39 is 4.92 Å². The first-order valence-corrected chi connectivity index (χ1v) is 5.10. The number of hydrogen-bond donors (Lipinski definition) is 1. The second-order valence-electron chi connectivity index (χ2n) is 3.49. The van der Waals surface area contributed by atoms with E-state index in [-0.39, 0.29) is 11.4 Å². The molecule has 0 aliphatic rings. The molecule has 90 valence electrons. The number of phenolic OH excluding ortho intramolecular Hbond substituents is 1. The molecule has 6 nitrogen and oxygen atoms in total. The lowest BCUT2D eigenvalue weighted by atomic mass is 10.3. The summed E-state index contributed by atoms with van der Waals surface area (Å²) in [6, 6.07) is 12.0. The van der Waals surface area contributed by atoms with E-state index in [0.29, 0.717) is 11.4 Å². The van der Waals surface area contributed by atoms with Crippen molar-refractivity contribution in [2.45, 2.75) is 0 Å². The van der Waals surface area contributed by atoms with Gasteiger partial charge in [0.25, 0.3) is 5.69 Å². The van der Waals surface area contributed by atoms with Crippen molar-refractivity contribution in [2.24, 2.45) is 10.2 Å². The van der Waals surface area contributed by atoms with Gasteiger partial charge in [-0.2, -0.15) is 10.2 Å². The lowest BCUT2D eigenvalue weighted by molar-refractivity contribution is -0.384. The van der Waals surface area contributed by atoms with Gasteiger partial charge in [0.2, 0.25) is 0 Å². The average molecular weight is 243 g/mol. The topological polar surface area (TPSA) is 88.1 Å². The fraction of sp³-hybridized carbons (Fsp3) is 0. The zero-order chi connectivity index (χ0) is 13.0. The van der Waals surface area contributed by atoms with Crippen molar-refractivity contribution >= 4 is 17.1 Å². The molecule has 0 saturated carbocycles. The van der Waals surface area contributed by atoms with E-state index in [2.05, 4.69) is 10.2 Å². The van der Waals surface area contributed by atoms with E-state index in [0.717, 1.165) is 0 Å². The van der Waals surface area contributed by atoms with E-state index in [1.165, 1.54) is 36.4 Å². The summed E-state index contributed by atoms with van der Waals surface area (Å²) < 4.78 is 0. The van der Waals surface area contributed by atoms with Crippen molar-refractivity contribution < 1.29 is 10.0 Å². The van der Waals surface area contributed by atoms with Crippen molar-refractivity contribution in [3.05, 3.63) is 58.6 Å². The maximum absolute atomic E-state index is 10.5. The second-order valence-corrected chi connectivity index (χ2v) is 3.49. The number of nitro groups is 1. The van der Waals surface area contributed by atoms with Gasteiger partial charge in [-0.15, -0.1) is 0 Å². The smallest absolute Gasteiger partial charge is 0.269 e. The zero-order valence-electron chi connectivity index (χ0n) is 9.22. The molecule has 2 aromatic carbocycles. The Morgan fingerprint density at radius 3 is 1.78 bits per heavy atom. The molecule has 0 unspecified atom stereocenters. The van der Waals surface area contributed by atoms with Crippen LogP contribution in [0.4, 0.5) is 17.1 Å². The molecule has 6 heteroatoms.